The SMILES string of the molecule is CCCCCC(=O)N1c2ccccc2N=C2C[C@@H](c3cccc([N+](=O)[O-])c3)CC(=O)[C@H]2[C@H]1c1ccc(OC)c(OC)c1. The minimum Gasteiger partial charge on any atom is -0.493 e. The molecule has 3 atom stereocenters. The van der Waals surface area contributed by atoms with E-state index in [1.807, 2.05) is 42.5 Å². The highest BCUT2D eigenvalue weighted by atomic mass is 16.6. The number of nitro groups is 1. The number of carbonyl (C=O) groups is 2. The van der Waals surface area contributed by atoms with Crippen molar-refractivity contribution >= 4 is 34.5 Å². The fraction of sp³-hybridized carbons (Fsp3) is 0.364. The molecule has 9 nitrogen and oxygen atoms in total. The highest BCUT2D eigenvalue weighted by Gasteiger charge is 2.46. The number of amides is 1. The van der Waals surface area contributed by atoms with Crippen LogP contribution in [0.3, 0.4) is 0 Å². The molecule has 1 aliphatic carbocycles. The van der Waals surface area contributed by atoms with Crippen molar-refractivity contribution in [1.82, 2.24) is 0 Å². The zero-order valence-electron chi connectivity index (χ0n) is 24.1. The van der Waals surface area contributed by atoms with Crippen molar-refractivity contribution in [3.8, 4) is 11.5 Å². The molecule has 2 aliphatic rings. The molecule has 5 rings (SSSR count). The van der Waals surface area contributed by atoms with Gasteiger partial charge in [0.25, 0.3) is 5.69 Å². The zero-order valence-corrected chi connectivity index (χ0v) is 24.1. The molecule has 1 amide bonds. The first-order chi connectivity index (χ1) is 20.4. The van der Waals surface area contributed by atoms with E-state index in [0.29, 0.717) is 41.4 Å². The fourth-order valence-electron chi connectivity index (χ4n) is 6.14. The summed E-state index contributed by atoms with van der Waals surface area (Å²) >= 11 is 0. The smallest absolute Gasteiger partial charge is 0.269 e. The van der Waals surface area contributed by atoms with Crippen LogP contribution >= 0.6 is 0 Å². The summed E-state index contributed by atoms with van der Waals surface area (Å²) in [7, 11) is 3.12. The molecule has 0 bridgehead atoms. The minimum atomic E-state index is -0.694. The molecule has 3 aromatic rings. The van der Waals surface area contributed by atoms with Crippen molar-refractivity contribution in [2.24, 2.45) is 10.9 Å². The monoisotopic (exact) mass is 569 g/mol. The predicted molar refractivity (Wildman–Crippen MR) is 161 cm³/mol. The number of rotatable bonds is 9. The van der Waals surface area contributed by atoms with Gasteiger partial charge in [-0.15, -0.1) is 0 Å². The molecular weight excluding hydrogens is 534 g/mol. The molecule has 1 fully saturated rings. The topological polar surface area (TPSA) is 111 Å². The number of anilines is 1. The van der Waals surface area contributed by atoms with Gasteiger partial charge in [-0.3, -0.25) is 24.7 Å². The van der Waals surface area contributed by atoms with Gasteiger partial charge in [0.1, 0.15) is 5.78 Å². The van der Waals surface area contributed by atoms with Gasteiger partial charge in [0.05, 0.1) is 42.5 Å². The predicted octanol–water partition coefficient (Wildman–Crippen LogP) is 7.12. The Bertz CT molecular complexity index is 1530. The van der Waals surface area contributed by atoms with Crippen molar-refractivity contribution in [3.63, 3.8) is 0 Å². The third-order valence-electron chi connectivity index (χ3n) is 8.17. The Morgan fingerprint density at radius 3 is 2.50 bits per heavy atom. The first-order valence-electron chi connectivity index (χ1n) is 14.3. The number of carbonyl (C=O) groups excluding carboxylic acids is 2. The van der Waals surface area contributed by atoms with E-state index in [-0.39, 0.29) is 29.7 Å². The Balaban J connectivity index is 1.65. The summed E-state index contributed by atoms with van der Waals surface area (Å²) in [4.78, 5) is 46.1. The van der Waals surface area contributed by atoms with Crippen molar-refractivity contribution in [1.29, 1.82) is 0 Å². The summed E-state index contributed by atoms with van der Waals surface area (Å²) < 4.78 is 11.1. The molecule has 1 aliphatic heterocycles. The average Bonchev–Trinajstić information content (AvgIpc) is 3.15. The number of fused-ring (bicyclic) bond motifs is 2. The number of methoxy groups -OCH3 is 2. The number of non-ortho nitro benzene ring substituents is 1. The van der Waals surface area contributed by atoms with Gasteiger partial charge in [-0.2, -0.15) is 0 Å². The Morgan fingerprint density at radius 2 is 1.76 bits per heavy atom. The van der Waals surface area contributed by atoms with Crippen molar-refractivity contribution in [2.45, 2.75) is 57.4 Å². The van der Waals surface area contributed by atoms with E-state index in [4.69, 9.17) is 14.5 Å². The summed E-state index contributed by atoms with van der Waals surface area (Å²) in [6, 6.07) is 18.8. The number of ether oxygens (including phenoxy) is 2. The normalized spacial score (nSPS) is 19.7. The second-order valence-electron chi connectivity index (χ2n) is 10.8. The van der Waals surface area contributed by atoms with Crippen molar-refractivity contribution in [3.05, 3.63) is 88.0 Å². The molecule has 9 heteroatoms. The van der Waals surface area contributed by atoms with Crippen LogP contribution in [0.2, 0.25) is 0 Å². The lowest BCUT2D eigenvalue weighted by atomic mass is 9.72. The van der Waals surface area contributed by atoms with Crippen LogP contribution in [-0.2, 0) is 9.59 Å². The van der Waals surface area contributed by atoms with E-state index < -0.39 is 16.9 Å². The zero-order chi connectivity index (χ0) is 29.8. The summed E-state index contributed by atoms with van der Waals surface area (Å²) in [6.45, 7) is 2.09. The molecule has 0 spiro atoms. The van der Waals surface area contributed by atoms with E-state index in [1.165, 1.54) is 6.07 Å². The molecule has 1 saturated carbocycles. The van der Waals surface area contributed by atoms with E-state index >= 15 is 0 Å². The Labute approximate surface area is 245 Å². The van der Waals surface area contributed by atoms with Gasteiger partial charge in [-0.1, -0.05) is 50.1 Å². The number of nitrogens with zero attached hydrogens (tertiary/aromatic N) is 3. The molecular formula is C33H35N3O6. The summed E-state index contributed by atoms with van der Waals surface area (Å²) in [5.74, 6) is -0.0398. The van der Waals surface area contributed by atoms with Gasteiger partial charge in [0, 0.05) is 30.7 Å². The summed E-state index contributed by atoms with van der Waals surface area (Å²) in [5.41, 5.74) is 3.40. The number of benzene rings is 3. The molecule has 0 aromatic heterocycles. The third kappa shape index (κ3) is 5.64. The van der Waals surface area contributed by atoms with Gasteiger partial charge in [0.15, 0.2) is 11.5 Å². The number of ketones is 1. The molecule has 0 unspecified atom stereocenters. The molecule has 3 aromatic carbocycles. The fourth-order valence-corrected chi connectivity index (χ4v) is 6.14. The largest absolute Gasteiger partial charge is 0.493 e. The molecule has 0 saturated heterocycles. The van der Waals surface area contributed by atoms with Crippen LogP contribution in [0.5, 0.6) is 11.5 Å². The lowest BCUT2D eigenvalue weighted by molar-refractivity contribution is -0.384. The summed E-state index contributed by atoms with van der Waals surface area (Å²) in [5, 5.41) is 11.5. The standard InChI is InChI=1S/C33H35N3O6/c1-4-5-6-14-31(38)35-27-13-8-7-12-25(27)34-26-18-23(21-10-9-11-24(17-21)36(39)40)19-28(37)32(26)33(35)22-15-16-29(41-2)30(20-22)42-3/h7-13,15-17,20,23,32-33H,4-6,14,18-19H2,1-3H3/t23-,32+,33-/m1/s1. The van der Waals surface area contributed by atoms with Crippen LogP contribution < -0.4 is 14.4 Å². The lowest BCUT2D eigenvalue weighted by Gasteiger charge is -2.39. The van der Waals surface area contributed by atoms with Crippen LogP contribution in [0.25, 0.3) is 0 Å². The van der Waals surface area contributed by atoms with E-state index in [2.05, 4.69) is 6.92 Å². The minimum absolute atomic E-state index is 0.0118. The van der Waals surface area contributed by atoms with Crippen molar-refractivity contribution < 1.29 is 24.0 Å². The van der Waals surface area contributed by atoms with Crippen LogP contribution in [0.1, 0.15) is 68.5 Å². The van der Waals surface area contributed by atoms with Gasteiger partial charge in [-0.25, -0.2) is 0 Å². The maximum Gasteiger partial charge on any atom is 0.269 e. The Hall–Kier alpha value is -4.53. The van der Waals surface area contributed by atoms with Gasteiger partial charge < -0.3 is 14.4 Å². The van der Waals surface area contributed by atoms with Crippen LogP contribution in [0.15, 0.2) is 71.7 Å². The second-order valence-corrected chi connectivity index (χ2v) is 10.8. The number of unbranched alkanes of at least 4 members (excludes halogenated alkanes) is 2. The number of nitro benzene ring substituents is 1. The van der Waals surface area contributed by atoms with E-state index in [9.17, 15) is 19.7 Å². The number of Topliss-reactive ketones (excluding diaryl/α,β-unsaturated/α-hetero) is 1. The number of hydrogen-bond donors (Lipinski definition) is 0. The highest BCUT2D eigenvalue weighted by Crippen LogP contribution is 2.48. The highest BCUT2D eigenvalue weighted by molar-refractivity contribution is 6.13. The van der Waals surface area contributed by atoms with Gasteiger partial charge in [0.2, 0.25) is 5.91 Å². The van der Waals surface area contributed by atoms with Crippen LogP contribution in [0, 0.1) is 16.0 Å². The molecule has 0 radical (unpaired) electrons. The molecule has 1 heterocycles. The summed E-state index contributed by atoms with van der Waals surface area (Å²) in [6.07, 6.45) is 3.62. The van der Waals surface area contributed by atoms with Gasteiger partial charge in [-0.05, 0) is 54.2 Å². The molecule has 218 valence electrons. The third-order valence-corrected chi connectivity index (χ3v) is 8.17. The molecule has 0 N–H and O–H groups in total. The van der Waals surface area contributed by atoms with Gasteiger partial charge >= 0.3 is 0 Å². The van der Waals surface area contributed by atoms with E-state index in [1.54, 1.807) is 37.3 Å². The van der Waals surface area contributed by atoms with Crippen molar-refractivity contribution in [2.75, 3.05) is 19.1 Å². The molecule has 42 heavy (non-hydrogen) atoms. The quantitative estimate of drug-likeness (QED) is 0.154. The maximum absolute atomic E-state index is 14.2. The number of hydrogen-bond acceptors (Lipinski definition) is 7. The Kier molecular flexibility index (Phi) is 8.66. The van der Waals surface area contributed by atoms with Crippen LogP contribution in [0.4, 0.5) is 17.1 Å². The average molecular weight is 570 g/mol. The Morgan fingerprint density at radius 1 is 0.976 bits per heavy atom. The lowest BCUT2D eigenvalue weighted by Crippen LogP contribution is -2.45. The van der Waals surface area contributed by atoms with Crippen LogP contribution in [-0.4, -0.2) is 36.5 Å². The number of aliphatic imine (C=N–C) groups is 1. The van der Waals surface area contributed by atoms with E-state index in [0.717, 1.165) is 30.4 Å². The second kappa shape index (κ2) is 12.5. The first-order valence-corrected chi connectivity index (χ1v) is 14.3. The number of para-hydroxylation sites is 2. The maximum atomic E-state index is 14.2. The first kappa shape index (κ1) is 29.0.